The van der Waals surface area contributed by atoms with Crippen LogP contribution < -0.4 is 26.6 Å². The molecule has 0 bridgehead atoms. The lowest BCUT2D eigenvalue weighted by molar-refractivity contribution is -0.142. The summed E-state index contributed by atoms with van der Waals surface area (Å²) in [7, 11) is 0. The van der Waals surface area contributed by atoms with Gasteiger partial charge in [0.05, 0.1) is 6.61 Å². The Kier molecular flexibility index (Phi) is 12.5. The van der Waals surface area contributed by atoms with Crippen molar-refractivity contribution >= 4 is 35.4 Å². The summed E-state index contributed by atoms with van der Waals surface area (Å²) < 4.78 is 0. The van der Waals surface area contributed by atoms with Gasteiger partial charge in [0, 0.05) is 25.8 Å². The van der Waals surface area contributed by atoms with Gasteiger partial charge in [0.1, 0.15) is 36.3 Å². The summed E-state index contributed by atoms with van der Waals surface area (Å²) in [5.74, 6) is -3.91. The molecule has 2 aliphatic rings. The molecule has 6 N–H and O–H groups in total. The zero-order valence-corrected chi connectivity index (χ0v) is 28.4. The van der Waals surface area contributed by atoms with Crippen molar-refractivity contribution in [2.75, 3.05) is 13.2 Å². The highest BCUT2D eigenvalue weighted by Gasteiger charge is 2.40. The molecule has 5 rings (SSSR count). The third kappa shape index (κ3) is 9.79. The van der Waals surface area contributed by atoms with Crippen molar-refractivity contribution in [3.05, 3.63) is 108 Å². The monoisotopic (exact) mass is 696 g/mol. The largest absolute Gasteiger partial charge is 0.394 e. The van der Waals surface area contributed by atoms with Gasteiger partial charge in [-0.25, -0.2) is 0 Å². The summed E-state index contributed by atoms with van der Waals surface area (Å²) in [6, 6.07) is 20.1. The normalized spacial score (nSPS) is 25.3. The molecule has 51 heavy (non-hydrogen) atoms. The summed E-state index contributed by atoms with van der Waals surface area (Å²) >= 11 is 0. The molecule has 3 aromatic rings. The molecule has 0 aromatic heterocycles. The van der Waals surface area contributed by atoms with Gasteiger partial charge in [-0.15, -0.1) is 0 Å². The molecule has 13 nitrogen and oxygen atoms in total. The van der Waals surface area contributed by atoms with Gasteiger partial charge in [0.15, 0.2) is 0 Å². The van der Waals surface area contributed by atoms with Crippen LogP contribution in [0.25, 0.3) is 0 Å². The maximum absolute atomic E-state index is 14.3. The second kappa shape index (κ2) is 17.4. The fraction of sp³-hybridized carbons (Fsp3) is 0.368. The number of amides is 6. The Morgan fingerprint density at radius 1 is 0.549 bits per heavy atom. The molecule has 0 spiro atoms. The van der Waals surface area contributed by atoms with E-state index >= 15 is 0 Å². The first-order valence-electron chi connectivity index (χ1n) is 17.2. The number of carbonyl (C=O) groups excluding carboxylic acids is 6. The SMILES string of the molecule is C[C@@H]1NC(=O)[C@H](Cc2ccccc2)NC(=O)[C@H]2CCCN2C(=O)[C@H](Cc2ccccc2)NC(=O)[C@H](Cc2ccccc2)NC(=O)[C@H](CO)NC1=O. The Bertz CT molecular complexity index is 1690. The van der Waals surface area contributed by atoms with Crippen molar-refractivity contribution in [3.63, 3.8) is 0 Å². The Morgan fingerprint density at radius 3 is 1.47 bits per heavy atom. The van der Waals surface area contributed by atoms with Crippen LogP contribution in [0.4, 0.5) is 0 Å². The Morgan fingerprint density at radius 2 is 0.961 bits per heavy atom. The van der Waals surface area contributed by atoms with Crippen molar-refractivity contribution in [2.24, 2.45) is 0 Å². The van der Waals surface area contributed by atoms with Crippen LogP contribution in [0, 0.1) is 0 Å². The first kappa shape index (κ1) is 36.7. The number of aliphatic hydroxyl groups excluding tert-OH is 1. The standard InChI is InChI=1S/C38H44N6O7/c1-24-33(46)43-31(23-45)36(49)40-29(21-26-14-7-3-8-15-26)35(48)42-30(22-27-16-9-4-10-17-27)38(51)44-19-11-18-32(44)37(50)41-28(34(47)39-24)20-25-12-5-2-6-13-25/h2-10,12-17,24,28-32,45H,11,18-23H2,1H3,(H,39,47)(H,40,49)(H,41,50)(H,42,48)(H,43,46)/t24-,28-,29-,30-,31-,32+/m0/s1. The van der Waals surface area contributed by atoms with E-state index in [4.69, 9.17) is 0 Å². The van der Waals surface area contributed by atoms with Crippen molar-refractivity contribution < 1.29 is 33.9 Å². The molecule has 0 unspecified atom stereocenters. The maximum Gasteiger partial charge on any atom is 0.246 e. The first-order valence-corrected chi connectivity index (χ1v) is 17.2. The molecule has 3 aromatic carbocycles. The molecule has 268 valence electrons. The summed E-state index contributed by atoms with van der Waals surface area (Å²) in [6.07, 6.45) is 1.12. The van der Waals surface area contributed by atoms with Gasteiger partial charge in [-0.2, -0.15) is 0 Å². The van der Waals surface area contributed by atoms with E-state index in [2.05, 4.69) is 26.6 Å². The lowest BCUT2D eigenvalue weighted by Gasteiger charge is -2.31. The van der Waals surface area contributed by atoms with Gasteiger partial charge in [-0.1, -0.05) is 91.0 Å². The predicted octanol–water partition coefficient (Wildman–Crippen LogP) is 0.155. The molecule has 2 fully saturated rings. The third-order valence-electron chi connectivity index (χ3n) is 9.13. The third-order valence-corrected chi connectivity index (χ3v) is 9.13. The van der Waals surface area contributed by atoms with Crippen LogP contribution in [0.5, 0.6) is 0 Å². The van der Waals surface area contributed by atoms with E-state index in [0.29, 0.717) is 18.4 Å². The number of fused-ring (bicyclic) bond motifs is 1. The Hall–Kier alpha value is -5.56. The van der Waals surface area contributed by atoms with Crippen molar-refractivity contribution in [1.82, 2.24) is 31.5 Å². The summed E-state index contributed by atoms with van der Waals surface area (Å²) in [4.78, 5) is 84.1. The molecule has 2 aliphatic heterocycles. The van der Waals surface area contributed by atoms with E-state index in [-0.39, 0.29) is 25.8 Å². The summed E-state index contributed by atoms with van der Waals surface area (Å²) in [5, 5.41) is 23.5. The quantitative estimate of drug-likeness (QED) is 0.203. The second-order valence-electron chi connectivity index (χ2n) is 12.9. The fourth-order valence-electron chi connectivity index (χ4n) is 6.35. The lowest BCUT2D eigenvalue weighted by atomic mass is 10.0. The fourth-order valence-corrected chi connectivity index (χ4v) is 6.35. The van der Waals surface area contributed by atoms with Gasteiger partial charge < -0.3 is 36.6 Å². The van der Waals surface area contributed by atoms with Gasteiger partial charge in [0.25, 0.3) is 0 Å². The minimum absolute atomic E-state index is 0.0424. The number of nitrogens with zero attached hydrogens (tertiary/aromatic N) is 1. The highest BCUT2D eigenvalue weighted by atomic mass is 16.3. The lowest BCUT2D eigenvalue weighted by Crippen LogP contribution is -2.62. The minimum Gasteiger partial charge on any atom is -0.394 e. The van der Waals surface area contributed by atoms with Crippen molar-refractivity contribution in [2.45, 2.75) is 75.3 Å². The van der Waals surface area contributed by atoms with Crippen molar-refractivity contribution in [1.29, 1.82) is 0 Å². The molecule has 6 amide bonds. The van der Waals surface area contributed by atoms with E-state index < -0.39 is 78.3 Å². The molecule has 2 heterocycles. The van der Waals surface area contributed by atoms with Gasteiger partial charge in [-0.3, -0.25) is 28.8 Å². The average molecular weight is 697 g/mol. The van der Waals surface area contributed by atoms with E-state index in [1.165, 1.54) is 11.8 Å². The Labute approximate surface area is 296 Å². The van der Waals surface area contributed by atoms with Crippen LogP contribution in [-0.2, 0) is 48.0 Å². The molecule has 0 radical (unpaired) electrons. The van der Waals surface area contributed by atoms with E-state index in [1.54, 1.807) is 48.5 Å². The van der Waals surface area contributed by atoms with Crippen LogP contribution in [0.2, 0.25) is 0 Å². The molecular weight excluding hydrogens is 652 g/mol. The van der Waals surface area contributed by atoms with Crippen LogP contribution in [0.1, 0.15) is 36.5 Å². The number of rotatable bonds is 7. The number of nitrogens with one attached hydrogen (secondary N) is 5. The van der Waals surface area contributed by atoms with E-state index in [9.17, 15) is 33.9 Å². The van der Waals surface area contributed by atoms with Crippen LogP contribution in [0.15, 0.2) is 91.0 Å². The average Bonchev–Trinajstić information content (AvgIpc) is 3.64. The highest BCUT2D eigenvalue weighted by Crippen LogP contribution is 2.21. The zero-order valence-electron chi connectivity index (χ0n) is 28.4. The smallest absolute Gasteiger partial charge is 0.246 e. The molecular formula is C38H44N6O7. The zero-order chi connectivity index (χ0) is 36.3. The summed E-state index contributed by atoms with van der Waals surface area (Å²) in [5.41, 5.74) is 2.23. The maximum atomic E-state index is 14.3. The number of hydrogen-bond acceptors (Lipinski definition) is 7. The highest BCUT2D eigenvalue weighted by molar-refractivity contribution is 5.98. The van der Waals surface area contributed by atoms with Gasteiger partial charge >= 0.3 is 0 Å². The topological polar surface area (TPSA) is 186 Å². The van der Waals surface area contributed by atoms with Gasteiger partial charge in [0.2, 0.25) is 35.4 Å². The molecule has 2 saturated heterocycles. The second-order valence-corrected chi connectivity index (χ2v) is 12.9. The van der Waals surface area contributed by atoms with E-state index in [1.807, 2.05) is 42.5 Å². The van der Waals surface area contributed by atoms with E-state index in [0.717, 1.165) is 11.1 Å². The summed E-state index contributed by atoms with van der Waals surface area (Å²) in [6.45, 7) is 0.873. The number of carbonyl (C=O) groups is 6. The van der Waals surface area contributed by atoms with Crippen molar-refractivity contribution in [3.8, 4) is 0 Å². The van der Waals surface area contributed by atoms with Crippen LogP contribution in [0.3, 0.4) is 0 Å². The van der Waals surface area contributed by atoms with Crippen LogP contribution >= 0.6 is 0 Å². The molecule has 6 atom stereocenters. The number of hydrogen-bond donors (Lipinski definition) is 6. The minimum atomic E-state index is -1.46. The van der Waals surface area contributed by atoms with Gasteiger partial charge in [-0.05, 0) is 36.5 Å². The molecule has 0 aliphatic carbocycles. The predicted molar refractivity (Wildman–Crippen MR) is 188 cm³/mol. The molecule has 0 saturated carbocycles. The number of aliphatic hydroxyl groups is 1. The Balaban J connectivity index is 1.51. The molecule has 13 heteroatoms. The first-order chi connectivity index (χ1) is 24.6. The number of benzene rings is 3. The van der Waals surface area contributed by atoms with Crippen LogP contribution in [-0.4, -0.2) is 94.9 Å².